The van der Waals surface area contributed by atoms with Crippen molar-refractivity contribution < 1.29 is 0 Å². The van der Waals surface area contributed by atoms with E-state index in [2.05, 4.69) is 42.5 Å². The van der Waals surface area contributed by atoms with E-state index in [1.807, 2.05) is 71.3 Å². The second-order valence-corrected chi connectivity index (χ2v) is 10.6. The van der Waals surface area contributed by atoms with E-state index >= 15 is 0 Å². The maximum absolute atomic E-state index is 9.65. The highest BCUT2D eigenvalue weighted by molar-refractivity contribution is 7.25. The van der Waals surface area contributed by atoms with Crippen molar-refractivity contribution in [3.05, 3.63) is 115 Å². The number of benzene rings is 4. The van der Waals surface area contributed by atoms with Crippen LogP contribution in [0.5, 0.6) is 0 Å². The normalized spacial score (nSPS) is 11.5. The first-order valence-corrected chi connectivity index (χ1v) is 13.6. The maximum atomic E-state index is 9.65. The molecule has 0 saturated heterocycles. The lowest BCUT2D eigenvalue weighted by Gasteiger charge is -2.10. The number of thiophene rings is 1. The quantitative estimate of drug-likeness (QED) is 0.232. The molecule has 40 heavy (non-hydrogen) atoms. The Morgan fingerprint density at radius 2 is 1.25 bits per heavy atom. The first-order chi connectivity index (χ1) is 19.8. The minimum Gasteiger partial charge on any atom is -0.276 e. The van der Waals surface area contributed by atoms with Gasteiger partial charge in [-0.05, 0) is 30.3 Å². The molecule has 8 rings (SSSR count). The van der Waals surface area contributed by atoms with E-state index in [-0.39, 0.29) is 0 Å². The lowest BCUT2D eigenvalue weighted by molar-refractivity contribution is 0.953. The lowest BCUT2D eigenvalue weighted by Crippen LogP contribution is -2.06. The Morgan fingerprint density at radius 3 is 1.95 bits per heavy atom. The zero-order valence-corrected chi connectivity index (χ0v) is 21.8. The van der Waals surface area contributed by atoms with Crippen LogP contribution in [0.4, 0.5) is 0 Å². The van der Waals surface area contributed by atoms with Gasteiger partial charge in [0.2, 0.25) is 5.95 Å². The number of fused-ring (bicyclic) bond motifs is 6. The molecular formula is C33H18N6S. The molecule has 0 atom stereocenters. The molecule has 4 heterocycles. The molecule has 0 aliphatic heterocycles. The average molecular weight is 531 g/mol. The fourth-order valence-electron chi connectivity index (χ4n) is 5.27. The van der Waals surface area contributed by atoms with Gasteiger partial charge in [-0.1, -0.05) is 78.9 Å². The number of nitriles is 1. The Morgan fingerprint density at radius 1 is 0.575 bits per heavy atom. The summed E-state index contributed by atoms with van der Waals surface area (Å²) in [6.07, 6.45) is 0. The van der Waals surface area contributed by atoms with Gasteiger partial charge in [0, 0.05) is 36.7 Å². The topological polar surface area (TPSA) is 80.3 Å². The highest BCUT2D eigenvalue weighted by Crippen LogP contribution is 2.40. The molecule has 4 aromatic carbocycles. The van der Waals surface area contributed by atoms with Crippen LogP contribution in [0.2, 0.25) is 0 Å². The van der Waals surface area contributed by atoms with Crippen molar-refractivity contribution in [3.63, 3.8) is 0 Å². The number of aromatic nitrogens is 5. The third-order valence-corrected chi connectivity index (χ3v) is 8.24. The predicted octanol–water partition coefficient (Wildman–Crippen LogP) is 7.94. The summed E-state index contributed by atoms with van der Waals surface area (Å²) < 4.78 is 4.44. The first kappa shape index (κ1) is 22.5. The average Bonchev–Trinajstić information content (AvgIpc) is 3.54. The molecule has 7 heteroatoms. The summed E-state index contributed by atoms with van der Waals surface area (Å²) in [5, 5.41) is 13.0. The smallest absolute Gasteiger partial charge is 0.238 e. The van der Waals surface area contributed by atoms with Gasteiger partial charge in [-0.15, -0.1) is 11.3 Å². The molecule has 0 radical (unpaired) electrons. The summed E-state index contributed by atoms with van der Waals surface area (Å²) in [5.74, 6) is 1.67. The zero-order valence-electron chi connectivity index (χ0n) is 21.0. The van der Waals surface area contributed by atoms with Gasteiger partial charge < -0.3 is 0 Å². The highest BCUT2D eigenvalue weighted by Gasteiger charge is 2.20. The van der Waals surface area contributed by atoms with Crippen molar-refractivity contribution in [2.75, 3.05) is 0 Å². The van der Waals surface area contributed by atoms with Gasteiger partial charge in [-0.2, -0.15) is 15.2 Å². The van der Waals surface area contributed by atoms with E-state index in [4.69, 9.17) is 19.9 Å². The van der Waals surface area contributed by atoms with Crippen LogP contribution in [0.15, 0.2) is 109 Å². The second kappa shape index (κ2) is 8.80. The molecule has 186 valence electrons. The Balaban J connectivity index is 1.50. The molecule has 4 aromatic heterocycles. The van der Waals surface area contributed by atoms with Gasteiger partial charge in [0.1, 0.15) is 11.8 Å². The molecule has 0 unspecified atom stereocenters. The molecule has 0 bridgehead atoms. The largest absolute Gasteiger partial charge is 0.276 e. The summed E-state index contributed by atoms with van der Waals surface area (Å²) in [7, 11) is 0. The molecular weight excluding hydrogens is 512 g/mol. The molecule has 0 spiro atoms. The van der Waals surface area contributed by atoms with Gasteiger partial charge in [0.25, 0.3) is 0 Å². The number of nitrogens with zero attached hydrogens (tertiary/aromatic N) is 6. The van der Waals surface area contributed by atoms with Gasteiger partial charge in [-0.25, -0.2) is 9.97 Å². The molecule has 0 aliphatic rings. The molecule has 6 nitrogen and oxygen atoms in total. The van der Waals surface area contributed by atoms with E-state index in [1.54, 1.807) is 17.4 Å². The van der Waals surface area contributed by atoms with Crippen LogP contribution in [-0.4, -0.2) is 24.5 Å². The maximum Gasteiger partial charge on any atom is 0.238 e. The molecule has 0 fully saturated rings. The second-order valence-electron chi connectivity index (χ2n) is 9.49. The van der Waals surface area contributed by atoms with Gasteiger partial charge >= 0.3 is 0 Å². The fourth-order valence-corrected chi connectivity index (χ4v) is 6.39. The van der Waals surface area contributed by atoms with E-state index in [0.717, 1.165) is 33.1 Å². The van der Waals surface area contributed by atoms with Crippen LogP contribution in [0.25, 0.3) is 70.8 Å². The van der Waals surface area contributed by atoms with Crippen LogP contribution in [-0.2, 0) is 0 Å². The van der Waals surface area contributed by atoms with Crippen molar-refractivity contribution in [1.82, 2.24) is 24.5 Å². The zero-order chi connectivity index (χ0) is 26.6. The van der Waals surface area contributed by atoms with Crippen LogP contribution in [0.1, 0.15) is 5.69 Å². The van der Waals surface area contributed by atoms with E-state index in [0.29, 0.717) is 23.3 Å². The van der Waals surface area contributed by atoms with Crippen molar-refractivity contribution in [1.29, 1.82) is 5.26 Å². The monoisotopic (exact) mass is 530 g/mol. The molecule has 0 amide bonds. The molecule has 0 saturated carbocycles. The summed E-state index contributed by atoms with van der Waals surface area (Å²) in [6.45, 7) is 0. The van der Waals surface area contributed by atoms with Crippen LogP contribution >= 0.6 is 11.3 Å². The SMILES string of the molecule is N#Cc1ccc2c(n1)c1cc3c(cc1n2-c1nc(-c2ccccc2)nc(-c2ccccc2)n1)sc1ccccc13. The summed E-state index contributed by atoms with van der Waals surface area (Å²) in [4.78, 5) is 19.6. The van der Waals surface area contributed by atoms with Gasteiger partial charge in [0.05, 0.1) is 16.6 Å². The standard InChI is InChI=1S/C33H18N6S/c34-19-22-15-16-26-30(35-22)25-17-24-23-13-7-8-14-28(23)40-29(24)18-27(25)39(26)33-37-31(20-9-3-1-4-10-20)36-32(38-33)21-11-5-2-6-12-21/h1-18H. The van der Waals surface area contributed by atoms with Crippen molar-refractivity contribution in [3.8, 4) is 34.8 Å². The fraction of sp³-hybridized carbons (Fsp3) is 0. The lowest BCUT2D eigenvalue weighted by atomic mass is 10.1. The van der Waals surface area contributed by atoms with E-state index < -0.39 is 0 Å². The predicted molar refractivity (Wildman–Crippen MR) is 160 cm³/mol. The molecule has 0 aliphatic carbocycles. The van der Waals surface area contributed by atoms with Crippen molar-refractivity contribution in [2.24, 2.45) is 0 Å². The third kappa shape index (κ3) is 3.48. The summed E-state index contributed by atoms with van der Waals surface area (Å²) >= 11 is 1.76. The summed E-state index contributed by atoms with van der Waals surface area (Å²) in [6, 6.07) is 38.6. The third-order valence-electron chi connectivity index (χ3n) is 7.11. The summed E-state index contributed by atoms with van der Waals surface area (Å²) in [5.41, 5.74) is 4.68. The number of hydrogen-bond donors (Lipinski definition) is 0. The van der Waals surface area contributed by atoms with Gasteiger partial charge in [0.15, 0.2) is 11.6 Å². The Kier molecular flexibility index (Phi) is 4.96. The number of rotatable bonds is 3. The highest BCUT2D eigenvalue weighted by atomic mass is 32.1. The Bertz CT molecular complexity index is 2220. The first-order valence-electron chi connectivity index (χ1n) is 12.8. The minimum atomic E-state index is 0.368. The molecule has 8 aromatic rings. The number of hydrogen-bond acceptors (Lipinski definition) is 6. The van der Waals surface area contributed by atoms with Crippen LogP contribution in [0, 0.1) is 11.3 Å². The van der Waals surface area contributed by atoms with Crippen molar-refractivity contribution in [2.45, 2.75) is 0 Å². The van der Waals surface area contributed by atoms with Gasteiger partial charge in [-0.3, -0.25) is 4.57 Å². The Labute approximate surface area is 232 Å². The number of pyridine rings is 1. The van der Waals surface area contributed by atoms with Crippen LogP contribution in [0.3, 0.4) is 0 Å². The van der Waals surface area contributed by atoms with E-state index in [9.17, 15) is 5.26 Å². The van der Waals surface area contributed by atoms with E-state index in [1.165, 1.54) is 20.2 Å². The van der Waals surface area contributed by atoms with Crippen molar-refractivity contribution >= 4 is 53.4 Å². The van der Waals surface area contributed by atoms with Crippen LogP contribution < -0.4 is 0 Å². The Hall–Kier alpha value is -5.45. The minimum absolute atomic E-state index is 0.368. The molecule has 0 N–H and O–H groups in total.